The predicted octanol–water partition coefficient (Wildman–Crippen LogP) is 2.99. The SMILES string of the molecule is CCC(N)Cc1cc(Cl)ccc1N1CC2CCC(C1)O2. The van der Waals surface area contributed by atoms with Crippen molar-refractivity contribution in [3.8, 4) is 0 Å². The van der Waals surface area contributed by atoms with Gasteiger partial charge >= 0.3 is 0 Å². The van der Waals surface area contributed by atoms with Crippen molar-refractivity contribution in [1.29, 1.82) is 0 Å². The van der Waals surface area contributed by atoms with Crippen LogP contribution >= 0.6 is 11.6 Å². The third-order valence-corrected chi connectivity index (χ3v) is 4.67. The molecular weight excluding hydrogens is 272 g/mol. The van der Waals surface area contributed by atoms with Gasteiger partial charge in [-0.25, -0.2) is 0 Å². The Bertz CT molecular complexity index is 468. The average molecular weight is 295 g/mol. The van der Waals surface area contributed by atoms with E-state index in [0.717, 1.165) is 31.0 Å². The maximum absolute atomic E-state index is 6.17. The summed E-state index contributed by atoms with van der Waals surface area (Å²) in [5, 5.41) is 0.795. The molecule has 0 saturated carbocycles. The van der Waals surface area contributed by atoms with Crippen molar-refractivity contribution in [1.82, 2.24) is 0 Å². The Morgan fingerprint density at radius 1 is 1.35 bits per heavy atom. The first-order valence-electron chi connectivity index (χ1n) is 7.60. The van der Waals surface area contributed by atoms with E-state index >= 15 is 0 Å². The van der Waals surface area contributed by atoms with Crippen LogP contribution < -0.4 is 10.6 Å². The maximum atomic E-state index is 6.17. The number of anilines is 1. The molecule has 0 spiro atoms. The van der Waals surface area contributed by atoms with E-state index in [4.69, 9.17) is 22.1 Å². The molecule has 2 heterocycles. The first-order valence-corrected chi connectivity index (χ1v) is 7.98. The quantitative estimate of drug-likeness (QED) is 0.928. The minimum Gasteiger partial charge on any atom is -0.371 e. The number of ether oxygens (including phenoxy) is 1. The third-order valence-electron chi connectivity index (χ3n) is 4.43. The topological polar surface area (TPSA) is 38.5 Å². The summed E-state index contributed by atoms with van der Waals surface area (Å²) < 4.78 is 5.92. The number of fused-ring (bicyclic) bond motifs is 2. The van der Waals surface area contributed by atoms with Crippen LogP contribution in [0.2, 0.25) is 5.02 Å². The monoisotopic (exact) mass is 294 g/mol. The van der Waals surface area contributed by atoms with E-state index < -0.39 is 0 Å². The molecule has 0 amide bonds. The van der Waals surface area contributed by atoms with E-state index in [0.29, 0.717) is 12.2 Å². The van der Waals surface area contributed by atoms with Gasteiger partial charge in [-0.15, -0.1) is 0 Å². The summed E-state index contributed by atoms with van der Waals surface area (Å²) in [6, 6.07) is 6.40. The summed E-state index contributed by atoms with van der Waals surface area (Å²) in [6.07, 6.45) is 5.06. The van der Waals surface area contributed by atoms with Crippen LogP contribution in [0.25, 0.3) is 0 Å². The molecule has 0 radical (unpaired) electrons. The molecule has 3 nitrogen and oxygen atoms in total. The highest BCUT2D eigenvalue weighted by molar-refractivity contribution is 6.30. The van der Waals surface area contributed by atoms with Crippen molar-refractivity contribution in [3.63, 3.8) is 0 Å². The number of halogens is 1. The first kappa shape index (κ1) is 14.2. The van der Waals surface area contributed by atoms with E-state index in [1.165, 1.54) is 24.1 Å². The van der Waals surface area contributed by atoms with E-state index in [-0.39, 0.29) is 6.04 Å². The lowest BCUT2D eigenvalue weighted by atomic mass is 10.0. The number of rotatable bonds is 4. The van der Waals surface area contributed by atoms with Crippen molar-refractivity contribution in [3.05, 3.63) is 28.8 Å². The number of nitrogens with two attached hydrogens (primary N) is 1. The lowest BCUT2D eigenvalue weighted by Crippen LogP contribution is -2.43. The summed E-state index contributed by atoms with van der Waals surface area (Å²) in [7, 11) is 0. The molecule has 20 heavy (non-hydrogen) atoms. The van der Waals surface area contributed by atoms with Crippen molar-refractivity contribution < 1.29 is 4.74 Å². The fourth-order valence-corrected chi connectivity index (χ4v) is 3.46. The van der Waals surface area contributed by atoms with Crippen molar-refractivity contribution in [2.24, 2.45) is 5.73 Å². The molecule has 2 bridgehead atoms. The van der Waals surface area contributed by atoms with Gasteiger partial charge in [0.05, 0.1) is 12.2 Å². The van der Waals surface area contributed by atoms with E-state index in [9.17, 15) is 0 Å². The average Bonchev–Trinajstić information content (AvgIpc) is 2.77. The van der Waals surface area contributed by atoms with Gasteiger partial charge in [0.1, 0.15) is 0 Å². The molecule has 2 saturated heterocycles. The van der Waals surface area contributed by atoms with Gasteiger partial charge in [0, 0.05) is 29.8 Å². The zero-order chi connectivity index (χ0) is 14.1. The van der Waals surface area contributed by atoms with Crippen LogP contribution in [0.1, 0.15) is 31.7 Å². The molecule has 110 valence electrons. The number of hydrogen-bond donors (Lipinski definition) is 1. The van der Waals surface area contributed by atoms with Gasteiger partial charge in [-0.2, -0.15) is 0 Å². The molecular formula is C16H23ClN2O. The Hall–Kier alpha value is -0.770. The Morgan fingerprint density at radius 2 is 2.05 bits per heavy atom. The molecule has 2 aliphatic heterocycles. The first-order chi connectivity index (χ1) is 9.65. The van der Waals surface area contributed by atoms with Gasteiger partial charge in [0.25, 0.3) is 0 Å². The van der Waals surface area contributed by atoms with Gasteiger partial charge in [-0.3, -0.25) is 0 Å². The second kappa shape index (κ2) is 5.92. The molecule has 4 heteroatoms. The van der Waals surface area contributed by atoms with Gasteiger partial charge in [0.2, 0.25) is 0 Å². The minimum absolute atomic E-state index is 0.199. The van der Waals surface area contributed by atoms with Crippen LogP contribution in [0.15, 0.2) is 18.2 Å². The van der Waals surface area contributed by atoms with Crippen LogP contribution in [0.3, 0.4) is 0 Å². The molecule has 0 aliphatic carbocycles. The van der Waals surface area contributed by atoms with E-state index in [2.05, 4.69) is 24.0 Å². The Balaban J connectivity index is 1.84. The van der Waals surface area contributed by atoms with Gasteiger partial charge in [-0.05, 0) is 49.4 Å². The fourth-order valence-electron chi connectivity index (χ4n) is 3.26. The third kappa shape index (κ3) is 2.95. The highest BCUT2D eigenvalue weighted by Gasteiger charge is 2.34. The number of benzene rings is 1. The van der Waals surface area contributed by atoms with Gasteiger partial charge in [-0.1, -0.05) is 18.5 Å². The number of nitrogens with zero attached hydrogens (tertiary/aromatic N) is 1. The summed E-state index contributed by atoms with van der Waals surface area (Å²) in [5.74, 6) is 0. The van der Waals surface area contributed by atoms with Crippen molar-refractivity contribution in [2.45, 2.75) is 50.9 Å². The van der Waals surface area contributed by atoms with Crippen LogP contribution in [-0.4, -0.2) is 31.3 Å². The Morgan fingerprint density at radius 3 is 2.70 bits per heavy atom. The molecule has 1 aromatic rings. The second-order valence-corrected chi connectivity index (χ2v) is 6.44. The normalized spacial score (nSPS) is 26.9. The Labute approximate surface area is 126 Å². The summed E-state index contributed by atoms with van der Waals surface area (Å²) >= 11 is 6.17. The summed E-state index contributed by atoms with van der Waals surface area (Å²) in [6.45, 7) is 4.11. The second-order valence-electron chi connectivity index (χ2n) is 6.01. The largest absolute Gasteiger partial charge is 0.371 e. The van der Waals surface area contributed by atoms with E-state index in [1.54, 1.807) is 0 Å². The molecule has 3 atom stereocenters. The van der Waals surface area contributed by atoms with Crippen molar-refractivity contribution in [2.75, 3.05) is 18.0 Å². The Kier molecular flexibility index (Phi) is 4.20. The molecule has 3 rings (SSSR count). The lowest BCUT2D eigenvalue weighted by molar-refractivity contribution is 0.0304. The minimum atomic E-state index is 0.199. The highest BCUT2D eigenvalue weighted by atomic mass is 35.5. The molecule has 2 fully saturated rings. The molecule has 3 unspecified atom stereocenters. The molecule has 0 aromatic heterocycles. The van der Waals surface area contributed by atoms with Crippen LogP contribution in [0, 0.1) is 0 Å². The van der Waals surface area contributed by atoms with Crippen molar-refractivity contribution >= 4 is 17.3 Å². The van der Waals surface area contributed by atoms with Crippen LogP contribution in [0.4, 0.5) is 5.69 Å². The van der Waals surface area contributed by atoms with Crippen LogP contribution in [-0.2, 0) is 11.2 Å². The zero-order valence-corrected chi connectivity index (χ0v) is 12.8. The summed E-state index contributed by atoms with van der Waals surface area (Å²) in [5.41, 5.74) is 8.70. The smallest absolute Gasteiger partial charge is 0.0755 e. The molecule has 2 N–H and O–H groups in total. The summed E-state index contributed by atoms with van der Waals surface area (Å²) in [4.78, 5) is 2.46. The highest BCUT2D eigenvalue weighted by Crippen LogP contribution is 2.33. The molecule has 2 aliphatic rings. The standard InChI is InChI=1S/C16H23ClN2O/c1-2-13(18)8-11-7-12(17)3-6-16(11)19-9-14-4-5-15(10-19)20-14/h3,6-7,13-15H,2,4-5,8-10,18H2,1H3. The molecule has 1 aromatic carbocycles. The number of morpholine rings is 1. The maximum Gasteiger partial charge on any atom is 0.0755 e. The number of hydrogen-bond acceptors (Lipinski definition) is 3. The van der Waals surface area contributed by atoms with Crippen LogP contribution in [0.5, 0.6) is 0 Å². The van der Waals surface area contributed by atoms with E-state index in [1.807, 2.05) is 6.07 Å². The lowest BCUT2D eigenvalue weighted by Gasteiger charge is -2.35. The van der Waals surface area contributed by atoms with Gasteiger partial charge in [0.15, 0.2) is 0 Å². The fraction of sp³-hybridized carbons (Fsp3) is 0.625. The van der Waals surface area contributed by atoms with Gasteiger partial charge < -0.3 is 15.4 Å². The predicted molar refractivity (Wildman–Crippen MR) is 83.5 cm³/mol. The zero-order valence-electron chi connectivity index (χ0n) is 12.0.